The Morgan fingerprint density at radius 1 is 0.833 bits per heavy atom. The molecule has 2 aliphatic rings. The van der Waals surface area contributed by atoms with Crippen molar-refractivity contribution in [3.63, 3.8) is 0 Å². The molecular formula is C26H20N2O8. The van der Waals surface area contributed by atoms with E-state index in [1.54, 1.807) is 28.8 Å². The number of hydrogen-bond acceptors (Lipinski definition) is 8. The van der Waals surface area contributed by atoms with Crippen LogP contribution in [0.4, 0.5) is 0 Å². The number of rotatable bonds is 2. The standard InChI is InChI=1S/C26H20N2O8/c29-9-14-21(30)22(31)23(32)24(35-14)28-13-8-4-2-6-11(13)16-18-17(25(33)36-26(18)34)15-10-5-1-3-7-12(10)27-19(15)20(16)28/h1-8,14,21-24,27,29-32H,9H2/t14-,21+,22+,23-,24-/m1/s1. The van der Waals surface area contributed by atoms with Gasteiger partial charge in [-0.15, -0.1) is 0 Å². The zero-order chi connectivity index (χ0) is 24.9. The zero-order valence-corrected chi connectivity index (χ0v) is 18.6. The van der Waals surface area contributed by atoms with Crippen LogP contribution in [0.3, 0.4) is 0 Å². The first-order valence-corrected chi connectivity index (χ1v) is 11.5. The number of aromatic amines is 1. The number of H-pyrrole nitrogens is 1. The number of esters is 2. The normalized spacial score (nSPS) is 26.4. The lowest BCUT2D eigenvalue weighted by Crippen LogP contribution is -2.56. The molecule has 182 valence electrons. The molecule has 0 saturated carbocycles. The minimum absolute atomic E-state index is 0.117. The van der Waals surface area contributed by atoms with Crippen LogP contribution in [-0.4, -0.2) is 72.9 Å². The highest BCUT2D eigenvalue weighted by Gasteiger charge is 2.46. The van der Waals surface area contributed by atoms with Crippen LogP contribution in [0.25, 0.3) is 43.6 Å². The third-order valence-corrected chi connectivity index (χ3v) is 7.32. The van der Waals surface area contributed by atoms with Crippen molar-refractivity contribution in [3.8, 4) is 0 Å². The molecule has 4 heterocycles. The molecule has 5 aromatic rings. The molecule has 5 atom stereocenters. The molecule has 1 saturated heterocycles. The number of hydrogen-bond donors (Lipinski definition) is 5. The van der Waals surface area contributed by atoms with Crippen molar-refractivity contribution in [3.05, 3.63) is 59.7 Å². The number of carbonyl (C=O) groups is 2. The van der Waals surface area contributed by atoms with Crippen molar-refractivity contribution < 1.29 is 39.5 Å². The molecule has 0 aliphatic carbocycles. The summed E-state index contributed by atoms with van der Waals surface area (Å²) in [6, 6.07) is 14.4. The van der Waals surface area contributed by atoms with Gasteiger partial charge in [-0.1, -0.05) is 36.4 Å². The Balaban J connectivity index is 1.70. The largest absolute Gasteiger partial charge is 0.394 e. The number of fused-ring (bicyclic) bond motifs is 10. The Kier molecular flexibility index (Phi) is 4.39. The van der Waals surface area contributed by atoms with Crippen LogP contribution in [-0.2, 0) is 9.47 Å². The van der Waals surface area contributed by atoms with E-state index in [9.17, 15) is 30.0 Å². The average molecular weight is 488 g/mol. The molecule has 2 aliphatic heterocycles. The van der Waals surface area contributed by atoms with E-state index in [0.29, 0.717) is 38.1 Å². The van der Waals surface area contributed by atoms with Crippen LogP contribution in [0.5, 0.6) is 0 Å². The zero-order valence-electron chi connectivity index (χ0n) is 18.6. The minimum atomic E-state index is -1.60. The van der Waals surface area contributed by atoms with Gasteiger partial charge in [-0.05, 0) is 12.1 Å². The summed E-state index contributed by atoms with van der Waals surface area (Å²) in [5.41, 5.74) is 2.53. The fourth-order valence-electron chi connectivity index (χ4n) is 5.75. The molecule has 1 fully saturated rings. The Morgan fingerprint density at radius 2 is 1.50 bits per heavy atom. The second-order valence-electron chi connectivity index (χ2n) is 9.18. The molecule has 36 heavy (non-hydrogen) atoms. The van der Waals surface area contributed by atoms with Crippen molar-refractivity contribution in [2.45, 2.75) is 30.6 Å². The highest BCUT2D eigenvalue weighted by Crippen LogP contribution is 2.46. The van der Waals surface area contributed by atoms with Gasteiger partial charge < -0.3 is 39.5 Å². The van der Waals surface area contributed by atoms with E-state index < -0.39 is 49.2 Å². The number of aliphatic hydroxyl groups is 4. The van der Waals surface area contributed by atoms with Gasteiger partial charge in [-0.25, -0.2) is 9.59 Å². The van der Waals surface area contributed by atoms with E-state index in [4.69, 9.17) is 9.47 Å². The summed E-state index contributed by atoms with van der Waals surface area (Å²) < 4.78 is 12.6. The summed E-state index contributed by atoms with van der Waals surface area (Å²) in [6.45, 7) is -0.587. The van der Waals surface area contributed by atoms with Gasteiger partial charge >= 0.3 is 11.9 Å². The number of aromatic nitrogens is 2. The van der Waals surface area contributed by atoms with E-state index >= 15 is 0 Å². The van der Waals surface area contributed by atoms with Gasteiger partial charge in [0.15, 0.2) is 6.23 Å². The van der Waals surface area contributed by atoms with Gasteiger partial charge in [0.25, 0.3) is 0 Å². The maximum absolute atomic E-state index is 13.0. The molecule has 3 aromatic carbocycles. The predicted molar refractivity (Wildman–Crippen MR) is 128 cm³/mol. The van der Waals surface area contributed by atoms with Crippen LogP contribution >= 0.6 is 0 Å². The maximum Gasteiger partial charge on any atom is 0.347 e. The molecule has 0 bridgehead atoms. The minimum Gasteiger partial charge on any atom is -0.394 e. The van der Waals surface area contributed by atoms with Gasteiger partial charge in [-0.3, -0.25) is 0 Å². The third-order valence-electron chi connectivity index (χ3n) is 7.32. The Hall–Kier alpha value is -3.80. The molecule has 0 spiro atoms. The fraction of sp³-hybridized carbons (Fsp3) is 0.231. The molecule has 5 N–H and O–H groups in total. The summed E-state index contributed by atoms with van der Waals surface area (Å²) in [7, 11) is 0. The number of nitrogens with zero attached hydrogens (tertiary/aromatic N) is 1. The third kappa shape index (κ3) is 2.56. The lowest BCUT2D eigenvalue weighted by atomic mass is 9.96. The molecular weight excluding hydrogens is 468 g/mol. The number of ether oxygens (including phenoxy) is 2. The number of para-hydroxylation sites is 2. The molecule has 7 rings (SSSR count). The quantitative estimate of drug-likeness (QED) is 0.186. The number of cyclic esters (lactones) is 2. The lowest BCUT2D eigenvalue weighted by molar-refractivity contribution is -0.249. The number of aliphatic hydroxyl groups excluding tert-OH is 4. The topological polar surface area (TPSA) is 154 Å². The number of benzene rings is 3. The number of carbonyl (C=O) groups excluding carboxylic acids is 2. The van der Waals surface area contributed by atoms with Crippen LogP contribution in [0, 0.1) is 0 Å². The van der Waals surface area contributed by atoms with Crippen LogP contribution in [0.15, 0.2) is 48.5 Å². The monoisotopic (exact) mass is 488 g/mol. The van der Waals surface area contributed by atoms with Crippen molar-refractivity contribution in [1.82, 2.24) is 9.55 Å². The Bertz CT molecular complexity index is 1750. The maximum atomic E-state index is 13.0. The number of nitrogens with one attached hydrogen (secondary N) is 1. The van der Waals surface area contributed by atoms with Crippen molar-refractivity contribution in [2.24, 2.45) is 0 Å². The summed E-state index contributed by atoms with van der Waals surface area (Å²) in [4.78, 5) is 29.3. The molecule has 10 nitrogen and oxygen atoms in total. The first-order valence-electron chi connectivity index (χ1n) is 11.5. The molecule has 2 aromatic heterocycles. The summed E-state index contributed by atoms with van der Waals surface area (Å²) in [5.74, 6) is -1.51. The van der Waals surface area contributed by atoms with E-state index in [1.165, 1.54) is 0 Å². The smallest absolute Gasteiger partial charge is 0.347 e. The summed E-state index contributed by atoms with van der Waals surface area (Å²) >= 11 is 0. The Morgan fingerprint density at radius 3 is 2.25 bits per heavy atom. The van der Waals surface area contributed by atoms with Crippen molar-refractivity contribution in [1.29, 1.82) is 0 Å². The van der Waals surface area contributed by atoms with E-state index in [1.807, 2.05) is 24.3 Å². The summed E-state index contributed by atoms with van der Waals surface area (Å²) in [6.07, 6.45) is -7.06. The van der Waals surface area contributed by atoms with Crippen LogP contribution in [0.2, 0.25) is 0 Å². The van der Waals surface area contributed by atoms with Gasteiger partial charge in [0.05, 0.1) is 34.3 Å². The van der Waals surface area contributed by atoms with E-state index in [-0.39, 0.29) is 11.1 Å². The van der Waals surface area contributed by atoms with E-state index in [0.717, 1.165) is 5.52 Å². The average Bonchev–Trinajstić information content (AvgIpc) is 3.52. The first-order chi connectivity index (χ1) is 17.4. The lowest BCUT2D eigenvalue weighted by Gasteiger charge is -2.41. The van der Waals surface area contributed by atoms with Crippen molar-refractivity contribution >= 4 is 55.6 Å². The highest BCUT2D eigenvalue weighted by atomic mass is 16.6. The van der Waals surface area contributed by atoms with Gasteiger partial charge in [0, 0.05) is 27.1 Å². The van der Waals surface area contributed by atoms with Gasteiger partial charge in [0.2, 0.25) is 0 Å². The van der Waals surface area contributed by atoms with Gasteiger partial charge in [0.1, 0.15) is 24.4 Å². The molecule has 0 unspecified atom stereocenters. The van der Waals surface area contributed by atoms with Crippen LogP contribution < -0.4 is 0 Å². The second-order valence-corrected chi connectivity index (χ2v) is 9.18. The molecule has 0 radical (unpaired) electrons. The first kappa shape index (κ1) is 21.5. The van der Waals surface area contributed by atoms with Gasteiger partial charge in [-0.2, -0.15) is 0 Å². The highest BCUT2D eigenvalue weighted by molar-refractivity contribution is 6.36. The molecule has 0 amide bonds. The second kappa shape index (κ2) is 7.36. The fourth-order valence-corrected chi connectivity index (χ4v) is 5.75. The Labute approximate surface area is 201 Å². The SMILES string of the molecule is O=C1OC(=O)c2c1c1c3ccccc3[nH]c1c1c2c2ccccc2n1[C@@H]1O[C@H](CO)[C@H](O)[C@H](O)[C@H]1O. The van der Waals surface area contributed by atoms with E-state index in [2.05, 4.69) is 4.98 Å². The van der Waals surface area contributed by atoms with Crippen LogP contribution in [0.1, 0.15) is 26.9 Å². The van der Waals surface area contributed by atoms with Crippen molar-refractivity contribution in [2.75, 3.05) is 6.61 Å². The summed E-state index contributed by atoms with van der Waals surface area (Å²) in [5, 5.41) is 43.9. The predicted octanol–water partition coefficient (Wildman–Crippen LogP) is 1.71. The molecule has 10 heteroatoms.